The maximum Gasteiger partial charge on any atom is 0.0577 e. The number of fused-ring (bicyclic) bond motifs is 5. The van der Waals surface area contributed by atoms with Gasteiger partial charge in [0.25, 0.3) is 0 Å². The summed E-state index contributed by atoms with van der Waals surface area (Å²) in [5.74, 6) is 5.63. The smallest absolute Gasteiger partial charge is 0.0577 e. The summed E-state index contributed by atoms with van der Waals surface area (Å²) in [5, 5.41) is 10.2. The van der Waals surface area contributed by atoms with Gasteiger partial charge in [-0.15, -0.1) is 0 Å². The van der Waals surface area contributed by atoms with Gasteiger partial charge in [0, 0.05) is 0 Å². The van der Waals surface area contributed by atoms with Crippen LogP contribution in [-0.4, -0.2) is 11.2 Å². The van der Waals surface area contributed by atoms with Crippen molar-refractivity contribution in [1.82, 2.24) is 0 Å². The standard InChI is InChI=1S/C28H46O/c1-18(2)19(3)7-8-20(4)24-11-12-25-23-10-9-21-17-22(29)13-15-27(21,5)26(23)14-16-28(24,25)6/h7-9,18-20,22-26,29H,10-17H2,1-6H3/b8-7+/t19-,20+,22-,23+,24+,25-,26-,27-,28+/m0/s1. The second-order valence-corrected chi connectivity index (χ2v) is 12.2. The zero-order valence-electron chi connectivity index (χ0n) is 20.0. The molecule has 0 heterocycles. The van der Waals surface area contributed by atoms with E-state index in [-0.39, 0.29) is 6.10 Å². The van der Waals surface area contributed by atoms with Crippen molar-refractivity contribution in [2.75, 3.05) is 0 Å². The molecule has 1 nitrogen and oxygen atoms in total. The molecule has 0 bridgehead atoms. The minimum Gasteiger partial charge on any atom is -0.393 e. The average Bonchev–Trinajstić information content (AvgIpc) is 3.03. The fraction of sp³-hybridized carbons (Fsp3) is 0.857. The number of aliphatic hydroxyl groups is 1. The van der Waals surface area contributed by atoms with Crippen molar-refractivity contribution in [3.05, 3.63) is 23.8 Å². The van der Waals surface area contributed by atoms with Crippen molar-refractivity contribution >= 4 is 0 Å². The largest absolute Gasteiger partial charge is 0.393 e. The first-order chi connectivity index (χ1) is 13.7. The molecular formula is C28H46O. The van der Waals surface area contributed by atoms with E-state index in [2.05, 4.69) is 59.8 Å². The van der Waals surface area contributed by atoms with Crippen LogP contribution in [0.3, 0.4) is 0 Å². The highest BCUT2D eigenvalue weighted by atomic mass is 16.3. The predicted molar refractivity (Wildman–Crippen MR) is 124 cm³/mol. The molecule has 1 N–H and O–H groups in total. The van der Waals surface area contributed by atoms with Gasteiger partial charge < -0.3 is 5.11 Å². The van der Waals surface area contributed by atoms with Crippen molar-refractivity contribution in [2.24, 2.45) is 52.3 Å². The van der Waals surface area contributed by atoms with Crippen LogP contribution in [0.15, 0.2) is 23.8 Å². The predicted octanol–water partition coefficient (Wildman–Crippen LogP) is 7.41. The Morgan fingerprint density at radius 1 is 0.966 bits per heavy atom. The third kappa shape index (κ3) is 3.58. The van der Waals surface area contributed by atoms with Crippen molar-refractivity contribution in [3.8, 4) is 0 Å². The maximum atomic E-state index is 10.2. The third-order valence-corrected chi connectivity index (χ3v) is 10.6. The Morgan fingerprint density at radius 3 is 2.45 bits per heavy atom. The van der Waals surface area contributed by atoms with E-state index in [9.17, 15) is 5.11 Å². The normalized spacial score (nSPS) is 46.8. The molecule has 4 rings (SSSR count). The van der Waals surface area contributed by atoms with E-state index < -0.39 is 0 Å². The van der Waals surface area contributed by atoms with Gasteiger partial charge in [-0.25, -0.2) is 0 Å². The van der Waals surface area contributed by atoms with Crippen molar-refractivity contribution < 1.29 is 5.11 Å². The van der Waals surface area contributed by atoms with Crippen LogP contribution in [0.4, 0.5) is 0 Å². The number of hydrogen-bond donors (Lipinski definition) is 1. The van der Waals surface area contributed by atoms with E-state index in [1.165, 1.54) is 38.5 Å². The van der Waals surface area contributed by atoms with Crippen LogP contribution in [0.2, 0.25) is 0 Å². The van der Waals surface area contributed by atoms with Gasteiger partial charge in [-0.2, -0.15) is 0 Å². The Labute approximate surface area is 180 Å². The van der Waals surface area contributed by atoms with Crippen LogP contribution in [0.5, 0.6) is 0 Å². The highest BCUT2D eigenvalue weighted by Gasteiger charge is 2.58. The molecule has 0 spiro atoms. The lowest BCUT2D eigenvalue weighted by Crippen LogP contribution is -2.50. The summed E-state index contributed by atoms with van der Waals surface area (Å²) in [7, 11) is 0. The summed E-state index contributed by atoms with van der Waals surface area (Å²) in [6.07, 6.45) is 17.7. The molecule has 0 saturated heterocycles. The molecule has 0 amide bonds. The first-order valence-corrected chi connectivity index (χ1v) is 12.7. The molecule has 4 aliphatic rings. The Morgan fingerprint density at radius 2 is 1.72 bits per heavy atom. The molecule has 3 fully saturated rings. The van der Waals surface area contributed by atoms with E-state index in [1.807, 2.05) is 0 Å². The molecular weight excluding hydrogens is 352 g/mol. The maximum absolute atomic E-state index is 10.2. The molecule has 0 aromatic heterocycles. The summed E-state index contributed by atoms with van der Waals surface area (Å²) in [6.45, 7) is 14.7. The zero-order chi connectivity index (χ0) is 21.0. The van der Waals surface area contributed by atoms with E-state index in [1.54, 1.807) is 5.57 Å². The van der Waals surface area contributed by atoms with Crippen molar-refractivity contribution in [2.45, 2.75) is 99.0 Å². The fourth-order valence-electron chi connectivity index (χ4n) is 8.25. The summed E-state index contributed by atoms with van der Waals surface area (Å²) < 4.78 is 0. The van der Waals surface area contributed by atoms with E-state index >= 15 is 0 Å². The number of hydrogen-bond acceptors (Lipinski definition) is 1. The summed E-state index contributed by atoms with van der Waals surface area (Å²) >= 11 is 0. The van der Waals surface area contributed by atoms with Gasteiger partial charge in [-0.1, -0.05) is 65.3 Å². The SMILES string of the molecule is CC(C)[C@@H](C)/C=C/[C@@H](C)[C@H]1CC[C@H]2[C@H]3CC=C4C[C@@H](O)CC[C@]4(C)[C@H]3CC[C@]12C. The summed E-state index contributed by atoms with van der Waals surface area (Å²) in [6, 6.07) is 0. The molecule has 0 radical (unpaired) electrons. The van der Waals surface area contributed by atoms with Gasteiger partial charge in [0.15, 0.2) is 0 Å². The Hall–Kier alpha value is -0.560. The van der Waals surface area contributed by atoms with Crippen LogP contribution in [0, 0.1) is 52.3 Å². The third-order valence-electron chi connectivity index (χ3n) is 10.6. The Balaban J connectivity index is 1.53. The summed E-state index contributed by atoms with van der Waals surface area (Å²) in [5.41, 5.74) is 2.51. The van der Waals surface area contributed by atoms with Crippen molar-refractivity contribution in [1.29, 1.82) is 0 Å². The van der Waals surface area contributed by atoms with Gasteiger partial charge in [-0.3, -0.25) is 0 Å². The highest BCUT2D eigenvalue weighted by molar-refractivity contribution is 5.25. The molecule has 0 aliphatic heterocycles. The lowest BCUT2D eigenvalue weighted by Gasteiger charge is -2.58. The Kier molecular flexibility index (Phi) is 5.86. The summed E-state index contributed by atoms with van der Waals surface area (Å²) in [4.78, 5) is 0. The van der Waals surface area contributed by atoms with Crippen molar-refractivity contribution in [3.63, 3.8) is 0 Å². The molecule has 1 heteroatoms. The first-order valence-electron chi connectivity index (χ1n) is 12.7. The molecule has 9 atom stereocenters. The quantitative estimate of drug-likeness (QED) is 0.489. The van der Waals surface area contributed by atoms with E-state index in [0.717, 1.165) is 42.4 Å². The molecule has 4 aliphatic carbocycles. The monoisotopic (exact) mass is 398 g/mol. The lowest BCUT2D eigenvalue weighted by atomic mass is 9.47. The first kappa shape index (κ1) is 21.7. The van der Waals surface area contributed by atoms with Crippen LogP contribution in [-0.2, 0) is 0 Å². The minimum atomic E-state index is -0.0866. The van der Waals surface area contributed by atoms with Gasteiger partial charge >= 0.3 is 0 Å². The molecule has 0 aromatic rings. The second-order valence-electron chi connectivity index (χ2n) is 12.2. The van der Waals surface area contributed by atoms with Gasteiger partial charge in [0.2, 0.25) is 0 Å². The van der Waals surface area contributed by atoms with Gasteiger partial charge in [0.05, 0.1) is 6.10 Å². The van der Waals surface area contributed by atoms with E-state index in [4.69, 9.17) is 0 Å². The number of allylic oxidation sites excluding steroid dienone is 3. The molecule has 0 aromatic carbocycles. The van der Waals surface area contributed by atoms with Crippen LogP contribution >= 0.6 is 0 Å². The van der Waals surface area contributed by atoms with E-state index in [0.29, 0.717) is 22.7 Å². The van der Waals surface area contributed by atoms with Crippen LogP contribution in [0.25, 0.3) is 0 Å². The Bertz CT molecular complexity index is 659. The lowest BCUT2D eigenvalue weighted by molar-refractivity contribution is -0.0540. The van der Waals surface area contributed by atoms with Gasteiger partial charge in [0.1, 0.15) is 0 Å². The molecule has 29 heavy (non-hydrogen) atoms. The topological polar surface area (TPSA) is 20.2 Å². The zero-order valence-corrected chi connectivity index (χ0v) is 20.0. The highest BCUT2D eigenvalue weighted by Crippen LogP contribution is 2.67. The van der Waals surface area contributed by atoms with Crippen LogP contribution < -0.4 is 0 Å². The number of rotatable bonds is 4. The number of aliphatic hydroxyl groups excluding tert-OH is 1. The minimum absolute atomic E-state index is 0.0866. The van der Waals surface area contributed by atoms with Crippen LogP contribution in [0.1, 0.15) is 92.9 Å². The molecule has 164 valence electrons. The van der Waals surface area contributed by atoms with Gasteiger partial charge in [-0.05, 0) is 104 Å². The fourth-order valence-corrected chi connectivity index (χ4v) is 8.25. The average molecular weight is 399 g/mol. The molecule has 0 unspecified atom stereocenters. The molecule has 3 saturated carbocycles. The second kappa shape index (κ2) is 7.85.